The molecule has 0 atom stereocenters. The van der Waals surface area contributed by atoms with Crippen molar-refractivity contribution in [3.05, 3.63) is 34.1 Å². The van der Waals surface area contributed by atoms with Gasteiger partial charge in [-0.1, -0.05) is 11.6 Å². The van der Waals surface area contributed by atoms with Crippen LogP contribution in [0.4, 0.5) is 4.39 Å². The van der Waals surface area contributed by atoms with E-state index < -0.39 is 11.8 Å². The summed E-state index contributed by atoms with van der Waals surface area (Å²) in [5.41, 5.74) is -0.616. The van der Waals surface area contributed by atoms with Crippen LogP contribution in [0.15, 0.2) is 12.1 Å². The Morgan fingerprint density at radius 3 is 2.79 bits per heavy atom. The van der Waals surface area contributed by atoms with Crippen molar-refractivity contribution >= 4 is 17.6 Å². The lowest BCUT2D eigenvalue weighted by atomic mass is 10.1. The first-order valence-electron chi connectivity index (χ1n) is 3.57. The van der Waals surface area contributed by atoms with Gasteiger partial charge in [0.15, 0.2) is 5.82 Å². The fourth-order valence-corrected chi connectivity index (χ4v) is 1.15. The van der Waals surface area contributed by atoms with Gasteiger partial charge in [0, 0.05) is 5.02 Å². The summed E-state index contributed by atoms with van der Waals surface area (Å²) in [5.74, 6) is -1.77. The number of esters is 1. The molecule has 0 fully saturated rings. The maximum atomic E-state index is 13.3. The summed E-state index contributed by atoms with van der Waals surface area (Å²) in [4.78, 5) is 11.0. The zero-order valence-corrected chi connectivity index (χ0v) is 7.93. The monoisotopic (exact) mass is 213 g/mol. The van der Waals surface area contributed by atoms with Crippen LogP contribution in [0.5, 0.6) is 0 Å². The Labute approximate surface area is 84.7 Å². The summed E-state index contributed by atoms with van der Waals surface area (Å²) in [6, 6.07) is 3.85. The molecule has 5 heteroatoms. The molecule has 1 aromatic carbocycles. The van der Waals surface area contributed by atoms with Gasteiger partial charge in [-0.3, -0.25) is 0 Å². The van der Waals surface area contributed by atoms with Gasteiger partial charge in [0.25, 0.3) is 0 Å². The number of hydrogen-bond donors (Lipinski definition) is 0. The summed E-state index contributed by atoms with van der Waals surface area (Å²) in [6.45, 7) is 0. The molecule has 72 valence electrons. The fraction of sp³-hybridized carbons (Fsp3) is 0.111. The Balaban J connectivity index is 3.38. The van der Waals surface area contributed by atoms with Crippen molar-refractivity contribution in [3.8, 4) is 6.07 Å². The van der Waals surface area contributed by atoms with Crippen molar-refractivity contribution in [3.63, 3.8) is 0 Å². The second-order valence-electron chi connectivity index (χ2n) is 2.42. The molecule has 1 aromatic rings. The first-order valence-corrected chi connectivity index (χ1v) is 3.95. The molecule has 0 aliphatic carbocycles. The number of methoxy groups -OCH3 is 1. The average molecular weight is 214 g/mol. The van der Waals surface area contributed by atoms with Gasteiger partial charge in [0.05, 0.1) is 18.2 Å². The quantitative estimate of drug-likeness (QED) is 0.672. The lowest BCUT2D eigenvalue weighted by molar-refractivity contribution is 0.0595. The third-order valence-electron chi connectivity index (χ3n) is 1.56. The van der Waals surface area contributed by atoms with Gasteiger partial charge in [-0.25, -0.2) is 9.18 Å². The highest BCUT2D eigenvalue weighted by molar-refractivity contribution is 6.31. The number of carbonyl (C=O) groups excluding carboxylic acids is 1. The molecule has 0 saturated carbocycles. The summed E-state index contributed by atoms with van der Waals surface area (Å²) in [5, 5.41) is 8.64. The Kier molecular flexibility index (Phi) is 3.05. The number of halogens is 2. The van der Waals surface area contributed by atoms with E-state index in [1.54, 1.807) is 6.07 Å². The number of rotatable bonds is 1. The normalized spacial score (nSPS) is 9.29. The lowest BCUT2D eigenvalue weighted by Crippen LogP contribution is -2.05. The van der Waals surface area contributed by atoms with Gasteiger partial charge in [0.1, 0.15) is 6.07 Å². The number of benzene rings is 1. The number of carbonyl (C=O) groups is 1. The topological polar surface area (TPSA) is 50.1 Å². The van der Waals surface area contributed by atoms with Crippen LogP contribution in [-0.4, -0.2) is 13.1 Å². The van der Waals surface area contributed by atoms with E-state index in [1.165, 1.54) is 0 Å². The number of ether oxygens (including phenoxy) is 1. The second-order valence-corrected chi connectivity index (χ2v) is 2.85. The van der Waals surface area contributed by atoms with Gasteiger partial charge < -0.3 is 4.74 Å². The van der Waals surface area contributed by atoms with Crippen molar-refractivity contribution in [1.82, 2.24) is 0 Å². The SMILES string of the molecule is COC(=O)c1cc(Cl)cc(C#N)c1F. The Hall–Kier alpha value is -1.60. The minimum atomic E-state index is -0.913. The molecular weight excluding hydrogens is 209 g/mol. The van der Waals surface area contributed by atoms with Crippen molar-refractivity contribution in [2.75, 3.05) is 7.11 Å². The van der Waals surface area contributed by atoms with Crippen molar-refractivity contribution < 1.29 is 13.9 Å². The van der Waals surface area contributed by atoms with E-state index in [9.17, 15) is 9.18 Å². The Morgan fingerprint density at radius 2 is 2.29 bits per heavy atom. The number of nitrogens with zero attached hydrogens (tertiary/aromatic N) is 1. The molecular formula is C9H5ClFNO2. The molecule has 3 nitrogen and oxygen atoms in total. The third-order valence-corrected chi connectivity index (χ3v) is 1.78. The van der Waals surface area contributed by atoms with Crippen LogP contribution in [0.1, 0.15) is 15.9 Å². The van der Waals surface area contributed by atoms with E-state index in [1.807, 2.05) is 0 Å². The molecule has 14 heavy (non-hydrogen) atoms. The van der Waals surface area contributed by atoms with Crippen LogP contribution in [0.25, 0.3) is 0 Å². The van der Waals surface area contributed by atoms with Gasteiger partial charge in [-0.05, 0) is 12.1 Å². The smallest absolute Gasteiger partial charge is 0.340 e. The predicted octanol–water partition coefficient (Wildman–Crippen LogP) is 2.14. The van der Waals surface area contributed by atoms with Crippen LogP contribution in [0.2, 0.25) is 5.02 Å². The highest BCUT2D eigenvalue weighted by Gasteiger charge is 2.16. The van der Waals surface area contributed by atoms with E-state index in [0.29, 0.717) is 0 Å². The van der Waals surface area contributed by atoms with Gasteiger partial charge in [0.2, 0.25) is 0 Å². The molecule has 0 bridgehead atoms. The molecule has 1 rings (SSSR count). The molecule has 0 aromatic heterocycles. The summed E-state index contributed by atoms with van der Waals surface area (Å²) in [7, 11) is 1.12. The molecule has 0 spiro atoms. The van der Waals surface area contributed by atoms with E-state index in [-0.39, 0.29) is 16.1 Å². The van der Waals surface area contributed by atoms with Gasteiger partial charge in [-0.15, -0.1) is 0 Å². The minimum absolute atomic E-state index is 0.114. The number of nitriles is 1. The third kappa shape index (κ3) is 1.83. The van der Waals surface area contributed by atoms with E-state index in [2.05, 4.69) is 4.74 Å². The van der Waals surface area contributed by atoms with Gasteiger partial charge >= 0.3 is 5.97 Å². The first-order chi connectivity index (χ1) is 6.60. The molecule has 0 unspecified atom stereocenters. The molecule has 0 saturated heterocycles. The standard InChI is InChI=1S/C9H5ClFNO2/c1-14-9(13)7-3-6(10)2-5(4-12)8(7)11/h2-3H,1H3. The minimum Gasteiger partial charge on any atom is -0.465 e. The van der Waals surface area contributed by atoms with Crippen LogP contribution < -0.4 is 0 Å². The van der Waals surface area contributed by atoms with Crippen LogP contribution >= 0.6 is 11.6 Å². The van der Waals surface area contributed by atoms with Crippen molar-refractivity contribution in [2.45, 2.75) is 0 Å². The average Bonchev–Trinajstić information content (AvgIpc) is 2.19. The maximum absolute atomic E-state index is 13.3. The maximum Gasteiger partial charge on any atom is 0.340 e. The molecule has 0 amide bonds. The van der Waals surface area contributed by atoms with E-state index >= 15 is 0 Å². The Morgan fingerprint density at radius 1 is 1.64 bits per heavy atom. The first kappa shape index (κ1) is 10.5. The molecule has 0 radical (unpaired) electrons. The predicted molar refractivity (Wildman–Crippen MR) is 47.5 cm³/mol. The Bertz CT molecular complexity index is 426. The zero-order valence-electron chi connectivity index (χ0n) is 7.17. The second kappa shape index (κ2) is 4.07. The summed E-state index contributed by atoms with van der Waals surface area (Å²) in [6.07, 6.45) is 0. The molecule has 0 heterocycles. The number of hydrogen-bond acceptors (Lipinski definition) is 3. The van der Waals surface area contributed by atoms with Crippen LogP contribution in [0.3, 0.4) is 0 Å². The lowest BCUT2D eigenvalue weighted by Gasteiger charge is -2.02. The van der Waals surface area contributed by atoms with Crippen molar-refractivity contribution in [2.24, 2.45) is 0 Å². The highest BCUT2D eigenvalue weighted by Crippen LogP contribution is 2.19. The molecule has 0 aliphatic heterocycles. The highest BCUT2D eigenvalue weighted by atomic mass is 35.5. The fourth-order valence-electron chi connectivity index (χ4n) is 0.929. The van der Waals surface area contributed by atoms with Gasteiger partial charge in [-0.2, -0.15) is 5.26 Å². The molecule has 0 aliphatic rings. The molecule has 0 N–H and O–H groups in total. The zero-order chi connectivity index (χ0) is 10.7. The van der Waals surface area contributed by atoms with Crippen LogP contribution in [0, 0.1) is 17.1 Å². The van der Waals surface area contributed by atoms with E-state index in [0.717, 1.165) is 19.2 Å². The van der Waals surface area contributed by atoms with Crippen LogP contribution in [-0.2, 0) is 4.74 Å². The largest absolute Gasteiger partial charge is 0.465 e. The van der Waals surface area contributed by atoms with E-state index in [4.69, 9.17) is 16.9 Å². The van der Waals surface area contributed by atoms with Crippen molar-refractivity contribution in [1.29, 1.82) is 5.26 Å². The summed E-state index contributed by atoms with van der Waals surface area (Å²) < 4.78 is 17.6. The summed E-state index contributed by atoms with van der Waals surface area (Å²) >= 11 is 5.58.